The van der Waals surface area contributed by atoms with Crippen LogP contribution in [-0.2, 0) is 0 Å². The van der Waals surface area contributed by atoms with Gasteiger partial charge in [0.05, 0.1) is 0 Å². The first-order valence-electron chi connectivity index (χ1n) is 8.50. The number of rotatable bonds is 5. The highest BCUT2D eigenvalue weighted by atomic mass is 16.5. The van der Waals surface area contributed by atoms with E-state index in [1.54, 1.807) is 0 Å². The topological polar surface area (TPSA) is 35.2 Å². The Hall–Kier alpha value is -1.02. The Labute approximate surface area is 130 Å². The molecule has 0 saturated heterocycles. The number of nitrogens with two attached hydrogens (primary N) is 1. The van der Waals surface area contributed by atoms with Crippen molar-refractivity contribution in [1.82, 2.24) is 0 Å². The standard InChI is InChI=1S/C19H31NO/c1-5-6-16-9-10-17(12-20)18(11-16)21-19-14(3)8-7-13(2)15(19)4/h7-8,16-18H,5-6,9-12,20H2,1-4H3. The third-order valence-electron chi connectivity index (χ3n) is 5.18. The molecule has 2 rings (SSSR count). The average molecular weight is 289 g/mol. The van der Waals surface area contributed by atoms with Gasteiger partial charge in [0.25, 0.3) is 0 Å². The fourth-order valence-electron chi connectivity index (χ4n) is 3.62. The Morgan fingerprint density at radius 2 is 1.86 bits per heavy atom. The van der Waals surface area contributed by atoms with Crippen molar-refractivity contribution in [2.24, 2.45) is 17.6 Å². The molecule has 3 atom stereocenters. The third kappa shape index (κ3) is 3.79. The molecule has 0 aromatic heterocycles. The molecule has 118 valence electrons. The number of hydrogen-bond acceptors (Lipinski definition) is 2. The monoisotopic (exact) mass is 289 g/mol. The number of hydrogen-bond donors (Lipinski definition) is 1. The quantitative estimate of drug-likeness (QED) is 0.864. The normalized spacial score (nSPS) is 25.9. The van der Waals surface area contributed by atoms with Crippen LogP contribution >= 0.6 is 0 Å². The molecule has 0 aliphatic heterocycles. The second-order valence-corrected chi connectivity index (χ2v) is 6.77. The molecule has 1 aliphatic carbocycles. The van der Waals surface area contributed by atoms with Crippen molar-refractivity contribution in [3.8, 4) is 5.75 Å². The van der Waals surface area contributed by atoms with Crippen LogP contribution in [0.3, 0.4) is 0 Å². The van der Waals surface area contributed by atoms with Crippen molar-refractivity contribution < 1.29 is 4.74 Å². The second-order valence-electron chi connectivity index (χ2n) is 6.77. The molecule has 1 aromatic rings. The van der Waals surface area contributed by atoms with Crippen molar-refractivity contribution in [3.05, 3.63) is 28.8 Å². The second kappa shape index (κ2) is 7.31. The molecule has 0 bridgehead atoms. The zero-order chi connectivity index (χ0) is 15.4. The summed E-state index contributed by atoms with van der Waals surface area (Å²) in [5.41, 5.74) is 9.82. The van der Waals surface area contributed by atoms with Gasteiger partial charge in [-0.3, -0.25) is 0 Å². The smallest absolute Gasteiger partial charge is 0.125 e. The number of aryl methyl sites for hydroxylation is 2. The van der Waals surface area contributed by atoms with Gasteiger partial charge >= 0.3 is 0 Å². The van der Waals surface area contributed by atoms with Gasteiger partial charge in [0.1, 0.15) is 11.9 Å². The van der Waals surface area contributed by atoms with Gasteiger partial charge in [-0.15, -0.1) is 0 Å². The SMILES string of the molecule is CCCC1CCC(CN)C(Oc2c(C)ccc(C)c2C)C1. The lowest BCUT2D eigenvalue weighted by molar-refractivity contribution is 0.0657. The van der Waals surface area contributed by atoms with Gasteiger partial charge in [0.15, 0.2) is 0 Å². The van der Waals surface area contributed by atoms with Crippen LogP contribution in [0.15, 0.2) is 12.1 Å². The summed E-state index contributed by atoms with van der Waals surface area (Å²) in [5, 5.41) is 0. The van der Waals surface area contributed by atoms with Gasteiger partial charge in [-0.1, -0.05) is 31.9 Å². The Kier molecular flexibility index (Phi) is 5.69. The fourth-order valence-corrected chi connectivity index (χ4v) is 3.62. The average Bonchev–Trinajstić information content (AvgIpc) is 2.48. The molecule has 1 aromatic carbocycles. The molecule has 0 heterocycles. The molecule has 1 fully saturated rings. The van der Waals surface area contributed by atoms with Crippen LogP contribution < -0.4 is 10.5 Å². The highest BCUT2D eigenvalue weighted by Gasteiger charge is 2.31. The van der Waals surface area contributed by atoms with Crippen LogP contribution in [-0.4, -0.2) is 12.6 Å². The van der Waals surface area contributed by atoms with Crippen LogP contribution in [0.4, 0.5) is 0 Å². The minimum Gasteiger partial charge on any atom is -0.490 e. The lowest BCUT2D eigenvalue weighted by atomic mass is 9.78. The molecule has 1 saturated carbocycles. The molecule has 2 nitrogen and oxygen atoms in total. The first-order chi connectivity index (χ1) is 10.1. The van der Waals surface area contributed by atoms with Crippen LogP contribution in [0, 0.1) is 32.6 Å². The molecule has 3 unspecified atom stereocenters. The van der Waals surface area contributed by atoms with Gasteiger partial charge in [0.2, 0.25) is 0 Å². The first-order valence-corrected chi connectivity index (χ1v) is 8.50. The van der Waals surface area contributed by atoms with E-state index in [4.69, 9.17) is 10.5 Å². The van der Waals surface area contributed by atoms with Gasteiger partial charge in [-0.2, -0.15) is 0 Å². The van der Waals surface area contributed by atoms with E-state index >= 15 is 0 Å². The first kappa shape index (κ1) is 16.4. The molecule has 2 heteroatoms. The van der Waals surface area contributed by atoms with Gasteiger partial charge in [-0.25, -0.2) is 0 Å². The lowest BCUT2D eigenvalue weighted by Gasteiger charge is -2.36. The van der Waals surface area contributed by atoms with Crippen molar-refractivity contribution in [1.29, 1.82) is 0 Å². The fraction of sp³-hybridized carbons (Fsp3) is 0.684. The van der Waals surface area contributed by atoms with Crippen molar-refractivity contribution in [2.45, 2.75) is 65.9 Å². The Bertz CT molecular complexity index is 469. The predicted molar refractivity (Wildman–Crippen MR) is 89.9 cm³/mol. The Balaban J connectivity index is 2.17. The molecular weight excluding hydrogens is 258 g/mol. The van der Waals surface area contributed by atoms with Crippen molar-refractivity contribution in [3.63, 3.8) is 0 Å². The molecule has 2 N–H and O–H groups in total. The summed E-state index contributed by atoms with van der Waals surface area (Å²) in [6, 6.07) is 4.35. The number of benzene rings is 1. The molecule has 1 aliphatic rings. The molecular formula is C19H31NO. The zero-order valence-electron chi connectivity index (χ0n) is 14.1. The summed E-state index contributed by atoms with van der Waals surface area (Å²) in [4.78, 5) is 0. The maximum atomic E-state index is 6.50. The minimum absolute atomic E-state index is 0.291. The predicted octanol–water partition coefficient (Wildman–Crippen LogP) is 4.53. The maximum Gasteiger partial charge on any atom is 0.125 e. The minimum atomic E-state index is 0.291. The van der Waals surface area contributed by atoms with E-state index < -0.39 is 0 Å². The molecule has 0 amide bonds. The summed E-state index contributed by atoms with van der Waals surface area (Å²) in [5.74, 6) is 2.42. The maximum absolute atomic E-state index is 6.50. The summed E-state index contributed by atoms with van der Waals surface area (Å²) in [7, 11) is 0. The van der Waals surface area contributed by atoms with Gasteiger partial charge in [-0.05, 0) is 69.2 Å². The summed E-state index contributed by atoms with van der Waals surface area (Å²) in [6.45, 7) is 9.49. The van der Waals surface area contributed by atoms with Crippen LogP contribution in [0.25, 0.3) is 0 Å². The van der Waals surface area contributed by atoms with E-state index in [0.29, 0.717) is 12.0 Å². The lowest BCUT2D eigenvalue weighted by Crippen LogP contribution is -2.38. The molecule has 0 radical (unpaired) electrons. The largest absolute Gasteiger partial charge is 0.490 e. The van der Waals surface area contributed by atoms with Crippen molar-refractivity contribution >= 4 is 0 Å². The van der Waals surface area contributed by atoms with Gasteiger partial charge in [0, 0.05) is 5.92 Å². The molecule has 0 spiro atoms. The van der Waals surface area contributed by atoms with E-state index in [2.05, 4.69) is 39.8 Å². The number of ether oxygens (including phenoxy) is 1. The van der Waals surface area contributed by atoms with E-state index in [1.165, 1.54) is 48.8 Å². The van der Waals surface area contributed by atoms with E-state index in [0.717, 1.165) is 18.2 Å². The highest BCUT2D eigenvalue weighted by Crippen LogP contribution is 2.36. The summed E-state index contributed by atoms with van der Waals surface area (Å²) < 4.78 is 6.50. The summed E-state index contributed by atoms with van der Waals surface area (Å²) in [6.07, 6.45) is 6.59. The van der Waals surface area contributed by atoms with Crippen molar-refractivity contribution in [2.75, 3.05) is 6.54 Å². The van der Waals surface area contributed by atoms with Gasteiger partial charge < -0.3 is 10.5 Å². The van der Waals surface area contributed by atoms with E-state index in [9.17, 15) is 0 Å². The van der Waals surface area contributed by atoms with Crippen LogP contribution in [0.2, 0.25) is 0 Å². The Morgan fingerprint density at radius 3 is 2.52 bits per heavy atom. The van der Waals surface area contributed by atoms with Crippen LogP contribution in [0.1, 0.15) is 55.7 Å². The Morgan fingerprint density at radius 1 is 1.14 bits per heavy atom. The van der Waals surface area contributed by atoms with Crippen LogP contribution in [0.5, 0.6) is 5.75 Å². The van der Waals surface area contributed by atoms with E-state index in [-0.39, 0.29) is 0 Å². The highest BCUT2D eigenvalue weighted by molar-refractivity contribution is 5.44. The zero-order valence-corrected chi connectivity index (χ0v) is 14.1. The summed E-state index contributed by atoms with van der Waals surface area (Å²) >= 11 is 0. The van der Waals surface area contributed by atoms with E-state index in [1.807, 2.05) is 0 Å². The molecule has 21 heavy (non-hydrogen) atoms. The third-order valence-corrected chi connectivity index (χ3v) is 5.18.